The third kappa shape index (κ3) is 1.31. The average molecular weight is 208 g/mol. The zero-order valence-corrected chi connectivity index (χ0v) is 9.59. The van der Waals surface area contributed by atoms with Crippen LogP contribution in [0, 0.1) is 11.8 Å². The highest BCUT2D eigenvalue weighted by atomic mass is 16.4. The van der Waals surface area contributed by atoms with Crippen LogP contribution < -0.4 is 11.0 Å². The van der Waals surface area contributed by atoms with E-state index in [2.05, 4.69) is 5.23 Å². The number of hydrogen-bond donors (Lipinski definition) is 2. The molecule has 4 bridgehead atoms. The van der Waals surface area contributed by atoms with E-state index in [-0.39, 0.29) is 5.54 Å². The largest absolute Gasteiger partial charge is 0.427 e. The first-order valence-corrected chi connectivity index (χ1v) is 6.21. The molecular formula is C11H21BN2O. The van der Waals surface area contributed by atoms with Gasteiger partial charge in [-0.1, -0.05) is 6.42 Å². The summed E-state index contributed by atoms with van der Waals surface area (Å²) in [5, 5.41) is 3.63. The van der Waals surface area contributed by atoms with Crippen LogP contribution in [-0.2, 0) is 4.65 Å². The van der Waals surface area contributed by atoms with Gasteiger partial charge in [0.25, 0.3) is 0 Å². The van der Waals surface area contributed by atoms with E-state index in [0.29, 0.717) is 13.2 Å². The van der Waals surface area contributed by atoms with Gasteiger partial charge in [0.2, 0.25) is 0 Å². The molecule has 0 spiro atoms. The zero-order chi connectivity index (χ0) is 10.5. The van der Waals surface area contributed by atoms with Gasteiger partial charge in [-0.25, -0.2) is 0 Å². The molecule has 4 fully saturated rings. The lowest BCUT2D eigenvalue weighted by Crippen LogP contribution is -2.55. The standard InChI is InChI=1S/C11H21BN2O/c1-15-12-14-11-4-2-3-8-5-9(11)6-10(8,13)7-11/h8-9,12,14H,2-7,13H2,1H3. The second-order valence-corrected chi connectivity index (χ2v) is 5.90. The molecule has 0 aromatic rings. The summed E-state index contributed by atoms with van der Waals surface area (Å²) in [6.45, 7) is 0. The van der Waals surface area contributed by atoms with Crippen molar-refractivity contribution in [3.8, 4) is 0 Å². The minimum absolute atomic E-state index is 0.155. The molecule has 0 heterocycles. The molecule has 4 aliphatic rings. The van der Waals surface area contributed by atoms with Crippen molar-refractivity contribution in [2.24, 2.45) is 17.6 Å². The van der Waals surface area contributed by atoms with Gasteiger partial charge in [-0.2, -0.15) is 0 Å². The maximum atomic E-state index is 6.56. The van der Waals surface area contributed by atoms with Crippen LogP contribution in [0.25, 0.3) is 0 Å². The fraction of sp³-hybridized carbons (Fsp3) is 1.00. The first-order valence-electron chi connectivity index (χ1n) is 6.21. The highest BCUT2D eigenvalue weighted by Crippen LogP contribution is 2.60. The molecule has 15 heavy (non-hydrogen) atoms. The lowest BCUT2D eigenvalue weighted by Gasteiger charge is -2.40. The van der Waals surface area contributed by atoms with Crippen molar-refractivity contribution in [2.45, 2.75) is 49.6 Å². The lowest BCUT2D eigenvalue weighted by molar-refractivity contribution is 0.198. The molecule has 0 saturated heterocycles. The Bertz CT molecular complexity index is 275. The molecule has 0 aromatic heterocycles. The molecule has 0 radical (unpaired) electrons. The van der Waals surface area contributed by atoms with Crippen molar-refractivity contribution in [2.75, 3.05) is 7.11 Å². The molecule has 4 heteroatoms. The molecule has 3 nitrogen and oxygen atoms in total. The smallest absolute Gasteiger partial charge is 0.360 e. The van der Waals surface area contributed by atoms with E-state index in [9.17, 15) is 0 Å². The summed E-state index contributed by atoms with van der Waals surface area (Å²) in [5.41, 5.74) is 7.03. The molecule has 0 aliphatic heterocycles. The Morgan fingerprint density at radius 1 is 1.47 bits per heavy atom. The van der Waals surface area contributed by atoms with E-state index >= 15 is 0 Å². The van der Waals surface area contributed by atoms with Crippen molar-refractivity contribution in [1.82, 2.24) is 5.23 Å². The van der Waals surface area contributed by atoms with Crippen LogP contribution in [0.3, 0.4) is 0 Å². The Balaban J connectivity index is 1.85. The molecule has 4 saturated carbocycles. The SMILES string of the molecule is COBNC12CCCC3CC1CC3(N)C2. The number of rotatable bonds is 3. The Hall–Kier alpha value is -0.0551. The van der Waals surface area contributed by atoms with Gasteiger partial charge in [0, 0.05) is 18.2 Å². The third-order valence-electron chi connectivity index (χ3n) is 5.18. The lowest BCUT2D eigenvalue weighted by atomic mass is 9.74. The molecular weight excluding hydrogens is 187 g/mol. The fourth-order valence-electron chi connectivity index (χ4n) is 4.53. The summed E-state index contributed by atoms with van der Waals surface area (Å²) in [5.74, 6) is 1.62. The van der Waals surface area contributed by atoms with Gasteiger partial charge in [-0.3, -0.25) is 0 Å². The first kappa shape index (κ1) is 10.1. The summed E-state index contributed by atoms with van der Waals surface area (Å²) in [4.78, 5) is 0. The van der Waals surface area contributed by atoms with Gasteiger partial charge in [-0.15, -0.1) is 0 Å². The molecule has 0 amide bonds. The summed E-state index contributed by atoms with van der Waals surface area (Å²) < 4.78 is 5.18. The molecule has 4 unspecified atom stereocenters. The molecule has 4 atom stereocenters. The Morgan fingerprint density at radius 3 is 3.00 bits per heavy atom. The van der Waals surface area contributed by atoms with E-state index in [0.717, 1.165) is 11.8 Å². The topological polar surface area (TPSA) is 47.3 Å². The molecule has 84 valence electrons. The first-order chi connectivity index (χ1) is 7.19. The quantitative estimate of drug-likeness (QED) is 0.665. The van der Waals surface area contributed by atoms with E-state index in [1.807, 2.05) is 0 Å². The van der Waals surface area contributed by atoms with Crippen molar-refractivity contribution in [3.63, 3.8) is 0 Å². The Morgan fingerprint density at radius 2 is 2.33 bits per heavy atom. The minimum atomic E-state index is 0.155. The Kier molecular flexibility index (Phi) is 2.17. The van der Waals surface area contributed by atoms with Gasteiger partial charge in [0.1, 0.15) is 0 Å². The van der Waals surface area contributed by atoms with Crippen LogP contribution in [0.1, 0.15) is 38.5 Å². The summed E-state index contributed by atoms with van der Waals surface area (Å²) in [6.07, 6.45) is 7.77. The van der Waals surface area contributed by atoms with Crippen molar-refractivity contribution in [3.05, 3.63) is 0 Å². The van der Waals surface area contributed by atoms with Crippen LogP contribution in [-0.4, -0.2) is 25.8 Å². The molecule has 3 N–H and O–H groups in total. The predicted molar refractivity (Wildman–Crippen MR) is 61.6 cm³/mol. The van der Waals surface area contributed by atoms with Crippen molar-refractivity contribution >= 4 is 7.62 Å². The van der Waals surface area contributed by atoms with E-state index in [1.54, 1.807) is 7.11 Å². The minimum Gasteiger partial charge on any atom is -0.427 e. The molecule has 0 aromatic carbocycles. The summed E-state index contributed by atoms with van der Waals surface area (Å²) >= 11 is 0. The fourth-order valence-corrected chi connectivity index (χ4v) is 4.53. The van der Waals surface area contributed by atoms with Gasteiger partial charge in [0.15, 0.2) is 0 Å². The zero-order valence-electron chi connectivity index (χ0n) is 9.59. The maximum absolute atomic E-state index is 6.56. The highest BCUT2D eigenvalue weighted by Gasteiger charge is 2.62. The van der Waals surface area contributed by atoms with E-state index in [4.69, 9.17) is 10.4 Å². The molecule has 4 rings (SSSR count). The van der Waals surface area contributed by atoms with Crippen LogP contribution in [0.5, 0.6) is 0 Å². The second-order valence-electron chi connectivity index (χ2n) is 5.90. The van der Waals surface area contributed by atoms with E-state index < -0.39 is 0 Å². The van der Waals surface area contributed by atoms with Crippen LogP contribution in [0.15, 0.2) is 0 Å². The Labute approximate surface area is 92.4 Å². The molecule has 4 aliphatic carbocycles. The van der Waals surface area contributed by atoms with Gasteiger partial charge >= 0.3 is 7.62 Å². The second kappa shape index (κ2) is 3.22. The average Bonchev–Trinajstić information content (AvgIpc) is 2.53. The van der Waals surface area contributed by atoms with E-state index in [1.165, 1.54) is 38.5 Å². The van der Waals surface area contributed by atoms with Crippen LogP contribution in [0.4, 0.5) is 0 Å². The predicted octanol–water partition coefficient (Wildman–Crippen LogP) is 0.539. The summed E-state index contributed by atoms with van der Waals surface area (Å²) in [6, 6.07) is 0. The van der Waals surface area contributed by atoms with Gasteiger partial charge in [0.05, 0.1) is 0 Å². The van der Waals surface area contributed by atoms with Crippen LogP contribution in [0.2, 0.25) is 0 Å². The van der Waals surface area contributed by atoms with Gasteiger partial charge in [-0.05, 0) is 43.9 Å². The number of fused-ring (bicyclic) bond motifs is 2. The van der Waals surface area contributed by atoms with Crippen LogP contribution >= 0.6 is 0 Å². The monoisotopic (exact) mass is 208 g/mol. The van der Waals surface area contributed by atoms with Gasteiger partial charge < -0.3 is 15.6 Å². The summed E-state index contributed by atoms with van der Waals surface area (Å²) in [7, 11) is 2.44. The van der Waals surface area contributed by atoms with Crippen molar-refractivity contribution < 1.29 is 4.65 Å². The van der Waals surface area contributed by atoms with Crippen molar-refractivity contribution in [1.29, 1.82) is 0 Å². The number of nitrogens with one attached hydrogen (secondary N) is 1. The highest BCUT2D eigenvalue weighted by molar-refractivity contribution is 6.23. The number of hydrogen-bond acceptors (Lipinski definition) is 3. The third-order valence-corrected chi connectivity index (χ3v) is 5.18. The number of nitrogens with two attached hydrogens (primary N) is 1. The normalized spacial score (nSPS) is 52.1. The maximum Gasteiger partial charge on any atom is 0.360 e.